The van der Waals surface area contributed by atoms with Gasteiger partial charge in [0, 0.05) is 44.2 Å². The summed E-state index contributed by atoms with van der Waals surface area (Å²) in [6, 6.07) is 13.0. The molecule has 2 aliphatic rings. The molecule has 4 heterocycles. The smallest absolute Gasteiger partial charge is 0.298 e. The monoisotopic (exact) mass is 629 g/mol. The predicted molar refractivity (Wildman–Crippen MR) is 173 cm³/mol. The maximum atomic E-state index is 14.2. The number of nitriles is 1. The van der Waals surface area contributed by atoms with Gasteiger partial charge in [0.15, 0.2) is 5.83 Å². The number of fused-ring (bicyclic) bond motifs is 2. The van der Waals surface area contributed by atoms with E-state index in [0.29, 0.717) is 58.9 Å². The highest BCUT2D eigenvalue weighted by molar-refractivity contribution is 6.36. The highest BCUT2D eigenvalue weighted by Crippen LogP contribution is 2.32. The summed E-state index contributed by atoms with van der Waals surface area (Å²) in [6.07, 6.45) is 1.57. The van der Waals surface area contributed by atoms with Crippen LogP contribution in [0.15, 0.2) is 59.8 Å². The van der Waals surface area contributed by atoms with Crippen molar-refractivity contribution in [3.63, 3.8) is 0 Å². The van der Waals surface area contributed by atoms with Crippen LogP contribution in [0.2, 0.25) is 5.02 Å². The van der Waals surface area contributed by atoms with Crippen LogP contribution in [0, 0.1) is 11.3 Å². The lowest BCUT2D eigenvalue weighted by molar-refractivity contribution is -0.131. The molecule has 11 nitrogen and oxygen atoms in total. The van der Waals surface area contributed by atoms with Crippen LogP contribution in [0.3, 0.4) is 0 Å². The normalized spacial score (nSPS) is 17.2. The number of carbonyl (C=O) groups is 1. The number of hydrogen-bond donors (Lipinski definition) is 0. The van der Waals surface area contributed by atoms with E-state index >= 15 is 0 Å². The highest BCUT2D eigenvalue weighted by Gasteiger charge is 2.36. The summed E-state index contributed by atoms with van der Waals surface area (Å²) in [6.45, 7) is 11.4. The molecule has 0 bridgehead atoms. The first-order chi connectivity index (χ1) is 21.7. The molecule has 6 rings (SSSR count). The van der Waals surface area contributed by atoms with Crippen LogP contribution in [-0.2, 0) is 4.79 Å². The Morgan fingerprint density at radius 1 is 1.11 bits per heavy atom. The Hall–Kier alpha value is -4.60. The van der Waals surface area contributed by atoms with Crippen molar-refractivity contribution in [2.75, 3.05) is 55.6 Å². The van der Waals surface area contributed by atoms with Crippen LogP contribution < -0.4 is 15.4 Å². The van der Waals surface area contributed by atoms with Crippen molar-refractivity contribution in [2.24, 2.45) is 0 Å². The third-order valence-corrected chi connectivity index (χ3v) is 9.06. The summed E-state index contributed by atoms with van der Waals surface area (Å²) < 4.78 is 15.1. The SMILES string of the molecule is C=C(F)C(=O)N1CCN(c2nc(N3CC(N(CC)CC)C3)nc3c(=O)n(-c4cccc5cccc(Cl)c45)ncc23)C[C@@H]1CC#N. The first kappa shape index (κ1) is 30.4. The minimum atomic E-state index is -1.07. The van der Waals surface area contributed by atoms with Crippen LogP contribution in [0.25, 0.3) is 27.4 Å². The van der Waals surface area contributed by atoms with Crippen LogP contribution in [0.4, 0.5) is 16.2 Å². The number of aromatic nitrogens is 4. The summed E-state index contributed by atoms with van der Waals surface area (Å²) >= 11 is 6.59. The van der Waals surface area contributed by atoms with Crippen LogP contribution in [0.5, 0.6) is 0 Å². The second-order valence-corrected chi connectivity index (χ2v) is 11.6. The van der Waals surface area contributed by atoms with Crippen molar-refractivity contribution in [1.82, 2.24) is 29.5 Å². The second kappa shape index (κ2) is 12.4. The molecule has 1 atom stereocenters. The molecule has 4 aromatic rings. The van der Waals surface area contributed by atoms with Crippen molar-refractivity contribution >= 4 is 50.9 Å². The van der Waals surface area contributed by atoms with E-state index in [0.717, 1.165) is 18.5 Å². The molecular formula is C32H33ClFN9O2. The first-order valence-corrected chi connectivity index (χ1v) is 15.4. The van der Waals surface area contributed by atoms with E-state index in [-0.39, 0.29) is 25.0 Å². The molecule has 232 valence electrons. The van der Waals surface area contributed by atoms with Gasteiger partial charge in [-0.15, -0.1) is 0 Å². The lowest BCUT2D eigenvalue weighted by Gasteiger charge is -2.45. The lowest BCUT2D eigenvalue weighted by atomic mass is 10.1. The maximum absolute atomic E-state index is 14.2. The van der Waals surface area contributed by atoms with Gasteiger partial charge in [-0.05, 0) is 30.6 Å². The number of amides is 1. The Kier molecular flexibility index (Phi) is 8.40. The molecule has 0 unspecified atom stereocenters. The Morgan fingerprint density at radius 3 is 2.53 bits per heavy atom. The topological polar surface area (TPSA) is 114 Å². The molecule has 2 aromatic heterocycles. The summed E-state index contributed by atoms with van der Waals surface area (Å²) in [7, 11) is 0. The van der Waals surface area contributed by atoms with Crippen molar-refractivity contribution in [3.8, 4) is 11.8 Å². The van der Waals surface area contributed by atoms with E-state index in [2.05, 4.69) is 36.5 Å². The highest BCUT2D eigenvalue weighted by atomic mass is 35.5. The fraction of sp³-hybridized carbons (Fsp3) is 0.375. The molecule has 1 amide bonds. The van der Waals surface area contributed by atoms with E-state index < -0.39 is 23.3 Å². The van der Waals surface area contributed by atoms with Crippen molar-refractivity contribution < 1.29 is 9.18 Å². The van der Waals surface area contributed by atoms with Gasteiger partial charge in [-0.3, -0.25) is 14.5 Å². The van der Waals surface area contributed by atoms with Gasteiger partial charge >= 0.3 is 0 Å². The second-order valence-electron chi connectivity index (χ2n) is 11.2. The van der Waals surface area contributed by atoms with Gasteiger partial charge in [0.2, 0.25) is 5.95 Å². The molecule has 0 aliphatic carbocycles. The maximum Gasteiger partial charge on any atom is 0.298 e. The van der Waals surface area contributed by atoms with E-state index in [9.17, 15) is 19.2 Å². The van der Waals surface area contributed by atoms with E-state index in [4.69, 9.17) is 21.6 Å². The lowest BCUT2D eigenvalue weighted by Crippen LogP contribution is -2.60. The summed E-state index contributed by atoms with van der Waals surface area (Å²) in [5.41, 5.74) is 0.291. The van der Waals surface area contributed by atoms with Crippen molar-refractivity contribution in [3.05, 3.63) is 70.4 Å². The fourth-order valence-electron chi connectivity index (χ4n) is 6.34. The molecule has 2 aliphatic heterocycles. The van der Waals surface area contributed by atoms with Crippen LogP contribution in [-0.4, -0.2) is 93.4 Å². The molecule has 45 heavy (non-hydrogen) atoms. The molecule has 0 radical (unpaired) electrons. The average molecular weight is 630 g/mol. The zero-order chi connectivity index (χ0) is 31.8. The third-order valence-electron chi connectivity index (χ3n) is 8.75. The Balaban J connectivity index is 1.47. The van der Waals surface area contributed by atoms with Gasteiger partial charge in [0.1, 0.15) is 11.3 Å². The zero-order valence-corrected chi connectivity index (χ0v) is 25.9. The van der Waals surface area contributed by atoms with E-state index in [1.165, 1.54) is 9.58 Å². The van der Waals surface area contributed by atoms with Gasteiger partial charge < -0.3 is 14.7 Å². The summed E-state index contributed by atoms with van der Waals surface area (Å²) in [4.78, 5) is 44.2. The summed E-state index contributed by atoms with van der Waals surface area (Å²) in [5.74, 6) is -1.01. The molecule has 13 heteroatoms. The number of benzene rings is 2. The molecular weight excluding hydrogens is 597 g/mol. The number of likely N-dealkylation sites (N-methyl/N-ethyl adjacent to an activating group) is 1. The number of piperazine rings is 1. The minimum absolute atomic E-state index is 0.00400. The average Bonchev–Trinajstić information content (AvgIpc) is 3.02. The molecule has 0 saturated carbocycles. The Morgan fingerprint density at radius 2 is 1.84 bits per heavy atom. The third kappa shape index (κ3) is 5.47. The molecule has 0 N–H and O–H groups in total. The van der Waals surface area contributed by atoms with Crippen molar-refractivity contribution in [1.29, 1.82) is 5.26 Å². The van der Waals surface area contributed by atoms with Crippen molar-refractivity contribution in [2.45, 2.75) is 32.4 Å². The predicted octanol–water partition coefficient (Wildman–Crippen LogP) is 3.93. The number of halogens is 2. The van der Waals surface area contributed by atoms with Crippen LogP contribution >= 0.6 is 11.6 Å². The Bertz CT molecular complexity index is 1890. The fourth-order valence-corrected chi connectivity index (χ4v) is 6.62. The van der Waals surface area contributed by atoms with Gasteiger partial charge in [0.25, 0.3) is 11.5 Å². The number of rotatable bonds is 8. The quantitative estimate of drug-likeness (QED) is 0.268. The molecule has 2 saturated heterocycles. The number of anilines is 2. The summed E-state index contributed by atoms with van der Waals surface area (Å²) in [5, 5.41) is 16.6. The standard InChI is InChI=1S/C32H33ClFN9O2/c1-4-39(5-2)23-18-41(19-23)32-37-28-24(29(38-32)40-14-15-42(30(44)20(3)34)22(17-40)12-13-35)16-36-43(31(28)45)26-11-7-9-21-8-6-10-25(33)27(21)26/h6-11,16,22-23H,3-5,12,14-15,17-19H2,1-2H3/t22-/m0/s1. The molecule has 0 spiro atoms. The molecule has 2 fully saturated rings. The van der Waals surface area contributed by atoms with E-state index in [1.54, 1.807) is 18.3 Å². The van der Waals surface area contributed by atoms with Gasteiger partial charge in [-0.1, -0.05) is 56.3 Å². The van der Waals surface area contributed by atoms with Gasteiger partial charge in [-0.25, -0.2) is 9.37 Å². The van der Waals surface area contributed by atoms with Gasteiger partial charge in [0.05, 0.1) is 40.8 Å². The Labute approximate surface area is 264 Å². The molecule has 2 aromatic carbocycles. The van der Waals surface area contributed by atoms with Crippen LogP contribution in [0.1, 0.15) is 20.3 Å². The number of carbonyl (C=O) groups excluding carboxylic acids is 1. The minimum Gasteiger partial charge on any atom is -0.352 e. The zero-order valence-electron chi connectivity index (χ0n) is 25.2. The largest absolute Gasteiger partial charge is 0.352 e. The number of hydrogen-bond acceptors (Lipinski definition) is 9. The number of nitrogens with zero attached hydrogens (tertiary/aromatic N) is 9. The first-order valence-electron chi connectivity index (χ1n) is 15.0. The van der Waals surface area contributed by atoms with E-state index in [1.807, 2.05) is 34.1 Å². The van der Waals surface area contributed by atoms with Gasteiger partial charge in [-0.2, -0.15) is 20.0 Å².